The molecule has 0 atom stereocenters. The molecule has 1 saturated carbocycles. The molecule has 0 aromatic carbocycles. The predicted octanol–water partition coefficient (Wildman–Crippen LogP) is 3.63. The molecule has 2 fully saturated rings. The molecule has 1 aromatic heterocycles. The van der Waals surface area contributed by atoms with E-state index < -0.39 is 0 Å². The first kappa shape index (κ1) is 21.5. The number of rotatable bonds is 3. The van der Waals surface area contributed by atoms with Crippen molar-refractivity contribution in [2.24, 2.45) is 4.99 Å². The fraction of sp³-hybridized carbons (Fsp3) is 0.538. The maximum atomic E-state index is 4.92. The van der Waals surface area contributed by atoms with E-state index in [4.69, 9.17) is 4.98 Å². The maximum absolute atomic E-state index is 4.92. The molecule has 0 radical (unpaired) electrons. The van der Waals surface area contributed by atoms with Gasteiger partial charge in [-0.05, 0) is 51.0 Å². The summed E-state index contributed by atoms with van der Waals surface area (Å²) in [5.41, 5.74) is 2.80. The molecule has 8 nitrogen and oxygen atoms in total. The van der Waals surface area contributed by atoms with Crippen LogP contribution in [0.1, 0.15) is 46.0 Å². The van der Waals surface area contributed by atoms with Gasteiger partial charge in [-0.1, -0.05) is 19.3 Å². The minimum absolute atomic E-state index is 0.123. The van der Waals surface area contributed by atoms with Gasteiger partial charge in [-0.25, -0.2) is 9.97 Å². The first-order valence-corrected chi connectivity index (χ1v) is 12.7. The fourth-order valence-electron chi connectivity index (χ4n) is 5.87. The summed E-state index contributed by atoms with van der Waals surface area (Å²) in [5, 5.41) is 3.62. The van der Waals surface area contributed by atoms with Crippen molar-refractivity contribution in [3.8, 4) is 11.4 Å². The van der Waals surface area contributed by atoms with Gasteiger partial charge in [0.25, 0.3) is 5.62 Å². The highest BCUT2D eigenvalue weighted by Crippen LogP contribution is 2.43. The Morgan fingerprint density at radius 2 is 1.76 bits per heavy atom. The molecule has 0 amide bonds. The summed E-state index contributed by atoms with van der Waals surface area (Å²) in [6.45, 7) is 9.75. The molecule has 5 heterocycles. The van der Waals surface area contributed by atoms with Gasteiger partial charge >= 0.3 is 0 Å². The van der Waals surface area contributed by atoms with E-state index in [1.165, 1.54) is 32.1 Å². The van der Waals surface area contributed by atoms with E-state index in [0.717, 1.165) is 55.6 Å². The van der Waals surface area contributed by atoms with Crippen LogP contribution in [-0.4, -0.2) is 63.2 Å². The largest absolute Gasteiger partial charge is 0.369 e. The molecule has 1 aliphatic carbocycles. The number of nitrogens with zero attached hydrogens (tertiary/aromatic N) is 7. The van der Waals surface area contributed by atoms with Crippen LogP contribution < -0.4 is 15.8 Å². The molecule has 178 valence electrons. The molecule has 6 rings (SSSR count). The van der Waals surface area contributed by atoms with Gasteiger partial charge in [0, 0.05) is 50.5 Å². The second-order valence-corrected chi connectivity index (χ2v) is 10.2. The molecule has 4 aliphatic heterocycles. The third kappa shape index (κ3) is 3.83. The van der Waals surface area contributed by atoms with Crippen molar-refractivity contribution in [3.05, 3.63) is 42.3 Å². The number of nitrogens with one attached hydrogen (secondary N) is 1. The number of anilines is 2. The molecule has 1 saturated heterocycles. The van der Waals surface area contributed by atoms with Crippen molar-refractivity contribution in [1.29, 1.82) is 0 Å². The average Bonchev–Trinajstić information content (AvgIpc) is 3.23. The van der Waals surface area contributed by atoms with Crippen LogP contribution in [0.2, 0.25) is 0 Å². The molecule has 34 heavy (non-hydrogen) atoms. The minimum atomic E-state index is 0.123. The van der Waals surface area contributed by atoms with Crippen LogP contribution in [0.4, 0.5) is 17.3 Å². The lowest BCUT2D eigenvalue weighted by Gasteiger charge is -2.37. The summed E-state index contributed by atoms with van der Waals surface area (Å²) in [5.74, 6) is 2.77. The number of aromatic nitrogens is 4. The Balaban J connectivity index is 1.28. The normalized spacial score (nSPS) is 20.8. The molecule has 1 N–H and O–H groups in total. The lowest BCUT2D eigenvalue weighted by Crippen LogP contribution is -2.48. The Hall–Kier alpha value is -3.00. The number of hydrogen-bond donors (Lipinski definition) is 1. The average molecular weight is 459 g/mol. The summed E-state index contributed by atoms with van der Waals surface area (Å²) in [6, 6.07) is 8.96. The lowest BCUT2D eigenvalue weighted by molar-refractivity contribution is 0.209. The van der Waals surface area contributed by atoms with Gasteiger partial charge < -0.3 is 14.8 Å². The van der Waals surface area contributed by atoms with E-state index in [0.29, 0.717) is 17.5 Å². The van der Waals surface area contributed by atoms with Gasteiger partial charge in [0.05, 0.1) is 17.4 Å². The van der Waals surface area contributed by atoms with Gasteiger partial charge in [0.2, 0.25) is 0 Å². The Morgan fingerprint density at radius 1 is 0.941 bits per heavy atom. The molecular formula is C26H34N8. The standard InChI is InChI=1S/C26H34N8/c1-19(2)32-12-14-33(15-13-32)21-7-8-22(27-17-21)30-25-28-16-20-6-9-23-29-18-26(10-4-3-5-11-26)34(23)24(20)31-25/h6-9,16-17,19,29H,3-5,10-15,18H2,1-2H3. The van der Waals surface area contributed by atoms with E-state index in [1.807, 2.05) is 18.5 Å². The van der Waals surface area contributed by atoms with Gasteiger partial charge in [0.1, 0.15) is 11.6 Å². The third-order valence-corrected chi connectivity index (χ3v) is 7.87. The molecule has 0 unspecified atom stereocenters. The van der Waals surface area contributed by atoms with Crippen LogP contribution in [-0.2, 0) is 5.54 Å². The summed E-state index contributed by atoms with van der Waals surface area (Å²) < 4.78 is 2.43. The highest BCUT2D eigenvalue weighted by molar-refractivity contribution is 5.63. The molecule has 8 heteroatoms. The van der Waals surface area contributed by atoms with Crippen LogP contribution in [0, 0.1) is 0 Å². The van der Waals surface area contributed by atoms with Crippen LogP contribution in [0.15, 0.2) is 41.7 Å². The molecule has 5 aliphatic rings. The predicted molar refractivity (Wildman–Crippen MR) is 135 cm³/mol. The Morgan fingerprint density at radius 3 is 2.50 bits per heavy atom. The highest BCUT2D eigenvalue weighted by atomic mass is 15.3. The quantitative estimate of drug-likeness (QED) is 0.646. The number of pyridine rings is 2. The van der Waals surface area contributed by atoms with Crippen LogP contribution in [0.5, 0.6) is 0 Å². The Bertz CT molecular complexity index is 1180. The minimum Gasteiger partial charge on any atom is -0.369 e. The fourth-order valence-corrected chi connectivity index (χ4v) is 5.87. The molecule has 0 bridgehead atoms. The second-order valence-electron chi connectivity index (χ2n) is 10.2. The summed E-state index contributed by atoms with van der Waals surface area (Å²) in [6.07, 6.45) is 10.1. The van der Waals surface area contributed by atoms with Crippen LogP contribution in [0.3, 0.4) is 0 Å². The first-order valence-electron chi connectivity index (χ1n) is 12.7. The molecule has 1 spiro atoms. The van der Waals surface area contributed by atoms with E-state index >= 15 is 0 Å². The smallest absolute Gasteiger partial charge is 0.253 e. The van der Waals surface area contributed by atoms with E-state index in [9.17, 15) is 0 Å². The third-order valence-electron chi connectivity index (χ3n) is 7.87. The zero-order valence-electron chi connectivity index (χ0n) is 20.2. The molecular weight excluding hydrogens is 424 g/mol. The Kier molecular flexibility index (Phi) is 5.48. The van der Waals surface area contributed by atoms with Crippen molar-refractivity contribution in [2.75, 3.05) is 42.9 Å². The van der Waals surface area contributed by atoms with Crippen LogP contribution >= 0.6 is 0 Å². The zero-order chi connectivity index (χ0) is 23.1. The van der Waals surface area contributed by atoms with E-state index in [-0.39, 0.29) is 5.54 Å². The van der Waals surface area contributed by atoms with Gasteiger partial charge in [-0.3, -0.25) is 4.90 Å². The van der Waals surface area contributed by atoms with Crippen molar-refractivity contribution in [3.63, 3.8) is 0 Å². The number of piperazine rings is 1. The Labute approximate surface area is 201 Å². The molecule has 1 aromatic rings. The maximum Gasteiger partial charge on any atom is 0.253 e. The second kappa shape index (κ2) is 8.65. The monoisotopic (exact) mass is 458 g/mol. The van der Waals surface area contributed by atoms with Crippen molar-refractivity contribution < 1.29 is 0 Å². The highest BCUT2D eigenvalue weighted by Gasteiger charge is 2.41. The first-order chi connectivity index (χ1) is 16.6. The topological polar surface area (TPSA) is 74.5 Å². The van der Waals surface area contributed by atoms with Crippen molar-refractivity contribution in [1.82, 2.24) is 24.4 Å². The van der Waals surface area contributed by atoms with E-state index in [1.54, 1.807) is 0 Å². The van der Waals surface area contributed by atoms with Crippen LogP contribution in [0.25, 0.3) is 11.4 Å². The number of hydrogen-bond acceptors (Lipinski definition) is 7. The SMILES string of the molecule is CC(C)N1CCN(c2ccc(N=c3ncc4ccc5n(c-4n3)C3(CCCCC3)CN5)nc2)CC1. The summed E-state index contributed by atoms with van der Waals surface area (Å²) in [7, 11) is 0. The zero-order valence-corrected chi connectivity index (χ0v) is 20.2. The van der Waals surface area contributed by atoms with E-state index in [2.05, 4.69) is 66.7 Å². The van der Waals surface area contributed by atoms with Crippen molar-refractivity contribution in [2.45, 2.75) is 57.5 Å². The van der Waals surface area contributed by atoms with Crippen molar-refractivity contribution >= 4 is 17.3 Å². The summed E-state index contributed by atoms with van der Waals surface area (Å²) in [4.78, 5) is 23.7. The number of fused-ring (bicyclic) bond motifs is 4. The van der Waals surface area contributed by atoms with Gasteiger partial charge in [0.15, 0.2) is 5.82 Å². The lowest BCUT2D eigenvalue weighted by atomic mass is 9.81. The van der Waals surface area contributed by atoms with Gasteiger partial charge in [-0.15, -0.1) is 0 Å². The van der Waals surface area contributed by atoms with Gasteiger partial charge in [-0.2, -0.15) is 9.98 Å². The summed E-state index contributed by atoms with van der Waals surface area (Å²) >= 11 is 0.